The minimum atomic E-state index is -2.29. The summed E-state index contributed by atoms with van der Waals surface area (Å²) in [4.78, 5) is 12.2. The molecule has 1 aromatic rings. The van der Waals surface area contributed by atoms with Crippen LogP contribution in [0, 0.1) is 17.3 Å². The molecule has 5 atom stereocenters. The van der Waals surface area contributed by atoms with E-state index in [0.29, 0.717) is 24.2 Å². The summed E-state index contributed by atoms with van der Waals surface area (Å²) < 4.78 is 19.3. The standard InChI is InChI=1S/C30H37O3P.3CH4.3H2S/c1-19-14-16-33-30(19)15-13-27-25-11-7-21-17-22(31)8-12-24(21)28(25)26(18-29(27,30)2)20-5-9-23(10-6-20)34(3,4)32;;;;;;/h5-6,9-10,17,25-27H,1,7-8,11-16,18H2,2-4H3;3*1H4;3*1H2/t25-,26+,27-,29-,30+;;;;;;/m0....../s1. The Morgan fingerprint density at radius 3 is 2.17 bits per heavy atom. The van der Waals surface area contributed by atoms with Crippen molar-refractivity contribution in [2.45, 2.75) is 92.1 Å². The van der Waals surface area contributed by atoms with Crippen LogP contribution in [0.2, 0.25) is 0 Å². The van der Waals surface area contributed by atoms with Crippen molar-refractivity contribution < 1.29 is 14.1 Å². The molecule has 1 saturated heterocycles. The molecule has 1 aliphatic heterocycles. The lowest BCUT2D eigenvalue weighted by molar-refractivity contribution is -0.114. The second-order valence-electron chi connectivity index (χ2n) is 12.0. The molecule has 0 radical (unpaired) electrons. The zero-order chi connectivity index (χ0) is 23.9. The van der Waals surface area contributed by atoms with Crippen molar-refractivity contribution in [3.05, 3.63) is 64.8 Å². The smallest absolute Gasteiger partial charge is 0.156 e. The number of fused-ring (bicyclic) bond motifs is 5. The average Bonchev–Trinajstić information content (AvgIpc) is 3.32. The molecule has 7 heteroatoms. The van der Waals surface area contributed by atoms with Crippen molar-refractivity contribution in [2.24, 2.45) is 17.3 Å². The van der Waals surface area contributed by atoms with Gasteiger partial charge in [0, 0.05) is 23.1 Å². The lowest BCUT2D eigenvalue weighted by Crippen LogP contribution is -2.52. The maximum Gasteiger partial charge on any atom is 0.156 e. The van der Waals surface area contributed by atoms with Gasteiger partial charge in [-0.25, -0.2) is 0 Å². The zero-order valence-corrected chi connectivity index (χ0v) is 26.3. The van der Waals surface area contributed by atoms with Crippen LogP contribution in [0.5, 0.6) is 0 Å². The molecule has 1 aromatic carbocycles. The van der Waals surface area contributed by atoms with Gasteiger partial charge in [-0.1, -0.05) is 65.6 Å². The van der Waals surface area contributed by atoms with Crippen LogP contribution in [0.25, 0.3) is 0 Å². The predicted octanol–water partition coefficient (Wildman–Crippen LogP) is 8.80. The number of carbonyl (C=O) groups is 1. The molecule has 0 unspecified atom stereocenters. The van der Waals surface area contributed by atoms with E-state index in [1.807, 2.05) is 19.4 Å². The predicted molar refractivity (Wildman–Crippen MR) is 190 cm³/mol. The summed E-state index contributed by atoms with van der Waals surface area (Å²) in [6, 6.07) is 8.63. The Hall–Kier alpha value is -0.650. The molecule has 0 amide bonds. The average molecular weight is 627 g/mol. The van der Waals surface area contributed by atoms with Crippen molar-refractivity contribution in [3.8, 4) is 0 Å². The van der Waals surface area contributed by atoms with E-state index in [1.165, 1.54) is 28.7 Å². The highest BCUT2D eigenvalue weighted by molar-refractivity contribution is 7.70. The van der Waals surface area contributed by atoms with Crippen molar-refractivity contribution in [2.75, 3.05) is 19.9 Å². The number of rotatable bonds is 2. The minimum absolute atomic E-state index is 0. The summed E-state index contributed by atoms with van der Waals surface area (Å²) in [6.07, 6.45) is 9.97. The molecular formula is C33H55O3PS3. The van der Waals surface area contributed by atoms with Crippen LogP contribution in [0.3, 0.4) is 0 Å². The molecule has 228 valence electrons. The van der Waals surface area contributed by atoms with E-state index in [9.17, 15) is 9.36 Å². The fourth-order valence-electron chi connectivity index (χ4n) is 8.48. The van der Waals surface area contributed by atoms with Crippen LogP contribution in [-0.4, -0.2) is 31.3 Å². The summed E-state index contributed by atoms with van der Waals surface area (Å²) >= 11 is 0. The van der Waals surface area contributed by atoms with Crippen LogP contribution in [-0.2, 0) is 14.1 Å². The van der Waals surface area contributed by atoms with Gasteiger partial charge in [0.1, 0.15) is 7.14 Å². The summed E-state index contributed by atoms with van der Waals surface area (Å²) in [7, 11) is -2.29. The normalized spacial score (nSPS) is 31.9. The molecule has 4 aliphatic carbocycles. The second-order valence-corrected chi connectivity index (χ2v) is 15.2. The van der Waals surface area contributed by atoms with E-state index >= 15 is 0 Å². The van der Waals surface area contributed by atoms with E-state index in [-0.39, 0.29) is 79.6 Å². The first-order valence-electron chi connectivity index (χ1n) is 13.1. The number of ketones is 1. The Bertz CT molecular complexity index is 1200. The molecule has 0 aromatic heterocycles. The Morgan fingerprint density at radius 1 is 0.950 bits per heavy atom. The Morgan fingerprint density at radius 2 is 1.60 bits per heavy atom. The van der Waals surface area contributed by atoms with Crippen molar-refractivity contribution in [1.29, 1.82) is 0 Å². The topological polar surface area (TPSA) is 43.4 Å². The molecule has 3 nitrogen and oxygen atoms in total. The van der Waals surface area contributed by atoms with Gasteiger partial charge >= 0.3 is 0 Å². The first-order chi connectivity index (χ1) is 16.1. The summed E-state index contributed by atoms with van der Waals surface area (Å²) in [5.74, 6) is 1.75. The van der Waals surface area contributed by atoms with Gasteiger partial charge in [0.25, 0.3) is 0 Å². The molecule has 1 spiro atoms. The Kier molecular flexibility index (Phi) is 13.5. The molecule has 5 aliphatic rings. The Balaban J connectivity index is 0.00000253. The largest absolute Gasteiger partial charge is 0.370 e. The summed E-state index contributed by atoms with van der Waals surface area (Å²) in [5.41, 5.74) is 6.90. The summed E-state index contributed by atoms with van der Waals surface area (Å²) in [6.45, 7) is 11.5. The fourth-order valence-corrected chi connectivity index (χ4v) is 9.35. The van der Waals surface area contributed by atoms with Crippen LogP contribution in [0.15, 0.2) is 59.2 Å². The molecule has 3 fully saturated rings. The quantitative estimate of drug-likeness (QED) is 0.243. The number of hydrogen-bond acceptors (Lipinski definition) is 3. The third-order valence-electron chi connectivity index (χ3n) is 10.1. The molecular weight excluding hydrogens is 572 g/mol. The molecule has 1 heterocycles. The van der Waals surface area contributed by atoms with Gasteiger partial charge in [0.2, 0.25) is 0 Å². The van der Waals surface area contributed by atoms with Crippen molar-refractivity contribution >= 4 is 58.7 Å². The van der Waals surface area contributed by atoms with E-state index in [1.54, 1.807) is 5.57 Å². The van der Waals surface area contributed by atoms with Crippen LogP contribution >= 0.6 is 47.6 Å². The first-order valence-corrected chi connectivity index (χ1v) is 15.7. The van der Waals surface area contributed by atoms with Crippen molar-refractivity contribution in [3.63, 3.8) is 0 Å². The number of allylic oxidation sites excluding steroid dienone is 4. The van der Waals surface area contributed by atoms with E-state index in [2.05, 4.69) is 37.8 Å². The third kappa shape index (κ3) is 5.79. The molecule has 0 N–H and O–H groups in total. The number of benzene rings is 1. The van der Waals surface area contributed by atoms with Gasteiger partial charge in [-0.15, -0.1) is 0 Å². The molecule has 2 saturated carbocycles. The molecule has 6 rings (SSSR count). The van der Waals surface area contributed by atoms with Gasteiger partial charge in [0.05, 0.1) is 12.2 Å². The Labute approximate surface area is 265 Å². The fraction of sp³-hybridized carbons (Fsp3) is 0.606. The van der Waals surface area contributed by atoms with Crippen LogP contribution in [0.4, 0.5) is 0 Å². The molecule has 0 bridgehead atoms. The number of ether oxygens (including phenoxy) is 1. The second kappa shape index (κ2) is 13.8. The highest BCUT2D eigenvalue weighted by atomic mass is 32.1. The van der Waals surface area contributed by atoms with Crippen LogP contribution < -0.4 is 5.30 Å². The lowest BCUT2D eigenvalue weighted by Gasteiger charge is -2.55. The first kappa shape index (κ1) is 39.4. The highest BCUT2D eigenvalue weighted by Gasteiger charge is 2.65. The van der Waals surface area contributed by atoms with Gasteiger partial charge < -0.3 is 9.30 Å². The maximum atomic E-state index is 12.7. The van der Waals surface area contributed by atoms with Crippen molar-refractivity contribution in [1.82, 2.24) is 0 Å². The van der Waals surface area contributed by atoms with Gasteiger partial charge in [-0.2, -0.15) is 40.5 Å². The third-order valence-corrected chi connectivity index (χ3v) is 11.6. The maximum absolute atomic E-state index is 12.7. The zero-order valence-electron chi connectivity index (χ0n) is 22.4. The van der Waals surface area contributed by atoms with Gasteiger partial charge in [-0.05, 0) is 98.5 Å². The monoisotopic (exact) mass is 626 g/mol. The van der Waals surface area contributed by atoms with Crippen LogP contribution in [0.1, 0.15) is 92.1 Å². The number of hydrogen-bond donors (Lipinski definition) is 0. The van der Waals surface area contributed by atoms with E-state index in [0.717, 1.165) is 50.4 Å². The van der Waals surface area contributed by atoms with E-state index in [4.69, 9.17) is 4.74 Å². The van der Waals surface area contributed by atoms with Gasteiger partial charge in [-0.3, -0.25) is 4.79 Å². The SMILES string of the molecule is C.C.C.C=C1CCO[C@]12CC[C@H]1[C@@H]3CCC4=CC(=O)CCC4=C3[C@@H](c3ccc(P(C)(C)=O)cc3)C[C@@]12C.S.S.S. The summed E-state index contributed by atoms with van der Waals surface area (Å²) in [5, 5.41) is 0.947. The van der Waals surface area contributed by atoms with E-state index < -0.39 is 7.14 Å². The number of carbonyl (C=O) groups excluding carboxylic acids is 1. The van der Waals surface area contributed by atoms with Gasteiger partial charge in [0.15, 0.2) is 5.78 Å². The lowest BCUT2D eigenvalue weighted by atomic mass is 9.50. The minimum Gasteiger partial charge on any atom is -0.370 e. The molecule has 40 heavy (non-hydrogen) atoms. The highest BCUT2D eigenvalue weighted by Crippen LogP contribution is 2.70.